The first-order chi connectivity index (χ1) is 8.11. The highest BCUT2D eigenvalue weighted by Gasteiger charge is 2.23. The van der Waals surface area contributed by atoms with Crippen molar-refractivity contribution in [2.24, 2.45) is 5.92 Å². The van der Waals surface area contributed by atoms with Crippen molar-refractivity contribution in [2.45, 2.75) is 19.4 Å². The fourth-order valence-corrected chi connectivity index (χ4v) is 2.89. The topological polar surface area (TPSA) is 43.7 Å². The van der Waals surface area contributed by atoms with Gasteiger partial charge in [-0.25, -0.2) is 0 Å². The van der Waals surface area contributed by atoms with Gasteiger partial charge >= 0.3 is 0 Å². The Balaban J connectivity index is 2.17. The number of hydrogen-bond acceptors (Lipinski definition) is 3. The fraction of sp³-hybridized carbons (Fsp3) is 0.538. The van der Waals surface area contributed by atoms with Gasteiger partial charge in [0.2, 0.25) is 0 Å². The standard InChI is InChI=1S/C13H18BrNO2/c1-9(17)11-2-3-13(12(14)6-11)15-5-4-10(7-15)8-16/h2-3,6,9-10,16-17H,4-5,7-8H2,1H3/t9-,10?/m1/s1. The van der Waals surface area contributed by atoms with Crippen molar-refractivity contribution >= 4 is 21.6 Å². The highest BCUT2D eigenvalue weighted by atomic mass is 79.9. The van der Waals surface area contributed by atoms with Gasteiger partial charge in [-0.1, -0.05) is 6.07 Å². The molecule has 0 aromatic heterocycles. The molecule has 1 saturated heterocycles. The minimum Gasteiger partial charge on any atom is -0.396 e. The third-order valence-electron chi connectivity index (χ3n) is 3.34. The molecule has 1 fully saturated rings. The van der Waals surface area contributed by atoms with Crippen molar-refractivity contribution in [3.05, 3.63) is 28.2 Å². The summed E-state index contributed by atoms with van der Waals surface area (Å²) in [6.07, 6.45) is 0.602. The summed E-state index contributed by atoms with van der Waals surface area (Å²) >= 11 is 3.55. The van der Waals surface area contributed by atoms with E-state index in [1.807, 2.05) is 18.2 Å². The molecule has 1 aromatic rings. The van der Waals surface area contributed by atoms with Gasteiger partial charge in [-0.3, -0.25) is 0 Å². The molecule has 0 saturated carbocycles. The smallest absolute Gasteiger partial charge is 0.0762 e. The van der Waals surface area contributed by atoms with E-state index < -0.39 is 6.10 Å². The third-order valence-corrected chi connectivity index (χ3v) is 3.97. The first-order valence-electron chi connectivity index (χ1n) is 5.95. The highest BCUT2D eigenvalue weighted by Crippen LogP contribution is 2.32. The van der Waals surface area contributed by atoms with Gasteiger partial charge < -0.3 is 15.1 Å². The Kier molecular flexibility index (Phi) is 4.07. The van der Waals surface area contributed by atoms with E-state index in [4.69, 9.17) is 5.11 Å². The van der Waals surface area contributed by atoms with Crippen LogP contribution in [0.4, 0.5) is 5.69 Å². The Morgan fingerprint density at radius 1 is 1.53 bits per heavy atom. The number of halogens is 1. The highest BCUT2D eigenvalue weighted by molar-refractivity contribution is 9.10. The lowest BCUT2D eigenvalue weighted by Crippen LogP contribution is -2.21. The summed E-state index contributed by atoms with van der Waals surface area (Å²) in [7, 11) is 0. The molecule has 2 rings (SSSR count). The Morgan fingerprint density at radius 3 is 2.82 bits per heavy atom. The molecule has 0 radical (unpaired) electrons. The van der Waals surface area contributed by atoms with E-state index in [0.717, 1.165) is 35.2 Å². The maximum atomic E-state index is 9.52. The molecule has 1 aliphatic heterocycles. The molecule has 1 heterocycles. The van der Waals surface area contributed by atoms with Crippen LogP contribution in [0, 0.1) is 5.92 Å². The van der Waals surface area contributed by atoms with Crippen LogP contribution >= 0.6 is 15.9 Å². The lowest BCUT2D eigenvalue weighted by atomic mass is 10.1. The Morgan fingerprint density at radius 2 is 2.29 bits per heavy atom. The molecule has 1 aliphatic rings. The van der Waals surface area contributed by atoms with Gasteiger partial charge in [-0.2, -0.15) is 0 Å². The Labute approximate surface area is 110 Å². The van der Waals surface area contributed by atoms with Crippen LogP contribution in [-0.4, -0.2) is 29.9 Å². The molecule has 94 valence electrons. The Bertz CT molecular complexity index is 395. The number of hydrogen-bond donors (Lipinski definition) is 2. The molecule has 3 nitrogen and oxygen atoms in total. The van der Waals surface area contributed by atoms with Crippen molar-refractivity contribution in [1.29, 1.82) is 0 Å². The predicted molar refractivity (Wildman–Crippen MR) is 72.2 cm³/mol. The zero-order chi connectivity index (χ0) is 12.4. The van der Waals surface area contributed by atoms with Crippen LogP contribution in [0.15, 0.2) is 22.7 Å². The number of aliphatic hydroxyl groups excluding tert-OH is 2. The number of nitrogens with zero attached hydrogens (tertiary/aromatic N) is 1. The minimum absolute atomic E-state index is 0.264. The number of aliphatic hydroxyl groups is 2. The van der Waals surface area contributed by atoms with E-state index in [-0.39, 0.29) is 6.61 Å². The first kappa shape index (κ1) is 12.9. The van der Waals surface area contributed by atoms with Crippen molar-refractivity contribution < 1.29 is 10.2 Å². The second-order valence-corrected chi connectivity index (χ2v) is 5.52. The monoisotopic (exact) mass is 299 g/mol. The van der Waals surface area contributed by atoms with Crippen molar-refractivity contribution in [3.8, 4) is 0 Å². The predicted octanol–water partition coefficient (Wildman–Crippen LogP) is 2.32. The van der Waals surface area contributed by atoms with Crippen LogP contribution in [0.3, 0.4) is 0 Å². The van der Waals surface area contributed by atoms with E-state index >= 15 is 0 Å². The van der Waals surface area contributed by atoms with Gasteiger partial charge in [0.15, 0.2) is 0 Å². The van der Waals surface area contributed by atoms with Gasteiger partial charge in [0, 0.05) is 30.1 Å². The van der Waals surface area contributed by atoms with Crippen LogP contribution in [0.2, 0.25) is 0 Å². The molecular weight excluding hydrogens is 282 g/mol. The largest absolute Gasteiger partial charge is 0.396 e. The molecule has 1 unspecified atom stereocenters. The quantitative estimate of drug-likeness (QED) is 0.900. The summed E-state index contributed by atoms with van der Waals surface area (Å²) < 4.78 is 1.01. The van der Waals surface area contributed by atoms with Gasteiger partial charge in [-0.15, -0.1) is 0 Å². The van der Waals surface area contributed by atoms with E-state index in [2.05, 4.69) is 20.8 Å². The van der Waals surface area contributed by atoms with Crippen molar-refractivity contribution in [1.82, 2.24) is 0 Å². The second-order valence-electron chi connectivity index (χ2n) is 4.67. The molecule has 0 spiro atoms. The lowest BCUT2D eigenvalue weighted by Gasteiger charge is -2.21. The number of anilines is 1. The summed E-state index contributed by atoms with van der Waals surface area (Å²) in [5, 5.41) is 18.7. The molecule has 0 amide bonds. The lowest BCUT2D eigenvalue weighted by molar-refractivity contribution is 0.199. The van der Waals surface area contributed by atoms with Crippen LogP contribution in [0.25, 0.3) is 0 Å². The van der Waals surface area contributed by atoms with E-state index in [1.54, 1.807) is 6.92 Å². The zero-order valence-corrected chi connectivity index (χ0v) is 11.5. The molecule has 0 bridgehead atoms. The van der Waals surface area contributed by atoms with Gasteiger partial charge in [0.05, 0.1) is 11.8 Å². The molecule has 17 heavy (non-hydrogen) atoms. The number of rotatable bonds is 3. The third kappa shape index (κ3) is 2.81. The maximum Gasteiger partial charge on any atom is 0.0762 e. The molecule has 2 atom stereocenters. The average Bonchev–Trinajstić information content (AvgIpc) is 2.77. The Hall–Kier alpha value is -0.580. The summed E-state index contributed by atoms with van der Waals surface area (Å²) in [5.74, 6) is 0.387. The SMILES string of the molecule is C[C@@H](O)c1ccc(N2CCC(CO)C2)c(Br)c1. The number of benzene rings is 1. The zero-order valence-electron chi connectivity index (χ0n) is 9.93. The molecular formula is C13H18BrNO2. The first-order valence-corrected chi connectivity index (χ1v) is 6.74. The summed E-state index contributed by atoms with van der Waals surface area (Å²) in [5.41, 5.74) is 2.06. The fourth-order valence-electron chi connectivity index (χ4n) is 2.24. The summed E-state index contributed by atoms with van der Waals surface area (Å²) in [4.78, 5) is 2.27. The summed E-state index contributed by atoms with van der Waals surface area (Å²) in [6.45, 7) is 3.92. The van der Waals surface area contributed by atoms with Crippen LogP contribution in [-0.2, 0) is 0 Å². The second kappa shape index (κ2) is 5.38. The van der Waals surface area contributed by atoms with Gasteiger partial charge in [0.25, 0.3) is 0 Å². The molecule has 2 N–H and O–H groups in total. The van der Waals surface area contributed by atoms with Gasteiger partial charge in [-0.05, 0) is 47.0 Å². The van der Waals surface area contributed by atoms with E-state index in [1.165, 1.54) is 0 Å². The van der Waals surface area contributed by atoms with E-state index in [9.17, 15) is 5.11 Å². The minimum atomic E-state index is -0.441. The van der Waals surface area contributed by atoms with Crippen LogP contribution in [0.5, 0.6) is 0 Å². The van der Waals surface area contributed by atoms with Crippen LogP contribution < -0.4 is 4.90 Å². The van der Waals surface area contributed by atoms with Gasteiger partial charge in [0.1, 0.15) is 0 Å². The molecule has 1 aromatic carbocycles. The van der Waals surface area contributed by atoms with Crippen LogP contribution in [0.1, 0.15) is 25.0 Å². The molecule has 4 heteroatoms. The normalized spacial score (nSPS) is 21.9. The van der Waals surface area contributed by atoms with Crippen molar-refractivity contribution in [3.63, 3.8) is 0 Å². The average molecular weight is 300 g/mol. The van der Waals surface area contributed by atoms with Crippen molar-refractivity contribution in [2.75, 3.05) is 24.6 Å². The molecule has 0 aliphatic carbocycles. The van der Waals surface area contributed by atoms with E-state index in [0.29, 0.717) is 5.92 Å². The summed E-state index contributed by atoms with van der Waals surface area (Å²) in [6, 6.07) is 5.95. The maximum absolute atomic E-state index is 9.52.